The van der Waals surface area contributed by atoms with E-state index in [4.69, 9.17) is 14.6 Å². The van der Waals surface area contributed by atoms with Gasteiger partial charge in [-0.1, -0.05) is 0 Å². The number of nitrogens with zero attached hydrogens (tertiary/aromatic N) is 1. The average molecular weight is 270 g/mol. The zero-order valence-corrected chi connectivity index (χ0v) is 10.6. The SMILES string of the molecule is O=C(O)C1COCCN1C(=O)NC1CC2CCC1O2. The normalized spacial score (nSPS) is 37.4. The number of rotatable bonds is 2. The van der Waals surface area contributed by atoms with Crippen molar-refractivity contribution in [3.8, 4) is 0 Å². The van der Waals surface area contributed by atoms with Crippen LogP contribution in [0.15, 0.2) is 0 Å². The number of fused-ring (bicyclic) bond motifs is 2. The molecule has 0 spiro atoms. The largest absolute Gasteiger partial charge is 0.480 e. The first-order valence-corrected chi connectivity index (χ1v) is 6.68. The maximum absolute atomic E-state index is 12.2. The monoisotopic (exact) mass is 270 g/mol. The number of morpholine rings is 1. The number of hydrogen-bond donors (Lipinski definition) is 2. The van der Waals surface area contributed by atoms with Crippen LogP contribution >= 0.6 is 0 Å². The van der Waals surface area contributed by atoms with Crippen LogP contribution in [0.2, 0.25) is 0 Å². The Bertz CT molecular complexity index is 388. The van der Waals surface area contributed by atoms with Gasteiger partial charge in [-0.05, 0) is 19.3 Å². The molecule has 2 amide bonds. The molecule has 0 aromatic rings. The van der Waals surface area contributed by atoms with Gasteiger partial charge in [-0.3, -0.25) is 0 Å². The highest BCUT2D eigenvalue weighted by Gasteiger charge is 2.43. The summed E-state index contributed by atoms with van der Waals surface area (Å²) in [6, 6.07) is -1.20. The van der Waals surface area contributed by atoms with Crippen LogP contribution in [0.5, 0.6) is 0 Å². The van der Waals surface area contributed by atoms with E-state index in [2.05, 4.69) is 5.32 Å². The van der Waals surface area contributed by atoms with E-state index in [0.717, 1.165) is 19.3 Å². The Morgan fingerprint density at radius 3 is 2.79 bits per heavy atom. The van der Waals surface area contributed by atoms with Crippen LogP contribution in [0.25, 0.3) is 0 Å². The minimum atomic E-state index is -1.03. The Hall–Kier alpha value is -1.34. The van der Waals surface area contributed by atoms with Crippen molar-refractivity contribution in [3.05, 3.63) is 0 Å². The molecule has 19 heavy (non-hydrogen) atoms. The number of nitrogens with one attached hydrogen (secondary N) is 1. The summed E-state index contributed by atoms with van der Waals surface area (Å²) in [7, 11) is 0. The van der Waals surface area contributed by atoms with Crippen molar-refractivity contribution >= 4 is 12.0 Å². The number of ether oxygens (including phenoxy) is 2. The number of hydrogen-bond acceptors (Lipinski definition) is 4. The first-order valence-electron chi connectivity index (χ1n) is 6.68. The first-order chi connectivity index (χ1) is 9.15. The fourth-order valence-electron chi connectivity index (χ4n) is 3.08. The second kappa shape index (κ2) is 4.97. The van der Waals surface area contributed by atoms with Crippen LogP contribution in [0.1, 0.15) is 19.3 Å². The van der Waals surface area contributed by atoms with Gasteiger partial charge in [0.05, 0.1) is 31.5 Å². The van der Waals surface area contributed by atoms with Gasteiger partial charge >= 0.3 is 12.0 Å². The van der Waals surface area contributed by atoms with Gasteiger partial charge in [0.15, 0.2) is 6.04 Å². The Labute approximate surface area is 110 Å². The molecule has 3 saturated heterocycles. The third-order valence-electron chi connectivity index (χ3n) is 4.09. The second-order valence-corrected chi connectivity index (χ2v) is 5.29. The summed E-state index contributed by atoms with van der Waals surface area (Å²) in [4.78, 5) is 24.6. The summed E-state index contributed by atoms with van der Waals surface area (Å²) < 4.78 is 10.8. The Kier molecular flexibility index (Phi) is 3.32. The van der Waals surface area contributed by atoms with Gasteiger partial charge in [0, 0.05) is 6.54 Å². The highest BCUT2D eigenvalue weighted by molar-refractivity contribution is 5.83. The molecule has 3 fully saturated rings. The molecule has 7 heteroatoms. The van der Waals surface area contributed by atoms with Crippen molar-refractivity contribution < 1.29 is 24.2 Å². The van der Waals surface area contributed by atoms with E-state index in [1.807, 2.05) is 0 Å². The second-order valence-electron chi connectivity index (χ2n) is 5.29. The van der Waals surface area contributed by atoms with Crippen LogP contribution in [-0.4, -0.2) is 66.1 Å². The third-order valence-corrected chi connectivity index (χ3v) is 4.09. The molecular formula is C12H18N2O5. The fraction of sp³-hybridized carbons (Fsp3) is 0.833. The number of carboxylic acids is 1. The molecule has 2 bridgehead atoms. The van der Waals surface area contributed by atoms with Crippen molar-refractivity contribution in [3.63, 3.8) is 0 Å². The lowest BCUT2D eigenvalue weighted by atomic mass is 9.96. The van der Waals surface area contributed by atoms with E-state index in [-0.39, 0.29) is 30.9 Å². The maximum Gasteiger partial charge on any atom is 0.328 e. The fourth-order valence-corrected chi connectivity index (χ4v) is 3.08. The molecule has 0 saturated carbocycles. The molecule has 3 aliphatic rings. The van der Waals surface area contributed by atoms with Crippen molar-refractivity contribution in [1.29, 1.82) is 0 Å². The lowest BCUT2D eigenvalue weighted by Crippen LogP contribution is -2.58. The maximum atomic E-state index is 12.2. The Morgan fingerprint density at radius 2 is 2.16 bits per heavy atom. The van der Waals surface area contributed by atoms with Crippen LogP contribution < -0.4 is 5.32 Å². The molecule has 4 atom stereocenters. The zero-order chi connectivity index (χ0) is 13.4. The van der Waals surface area contributed by atoms with E-state index < -0.39 is 12.0 Å². The summed E-state index contributed by atoms with van der Waals surface area (Å²) in [5.41, 5.74) is 0. The van der Waals surface area contributed by atoms with Crippen molar-refractivity contribution in [2.45, 2.75) is 43.6 Å². The first kappa shape index (κ1) is 12.7. The van der Waals surface area contributed by atoms with Gasteiger partial charge in [0.1, 0.15) is 0 Å². The van der Waals surface area contributed by atoms with E-state index >= 15 is 0 Å². The third kappa shape index (κ3) is 2.40. The predicted octanol–water partition coefficient (Wildman–Crippen LogP) is -0.199. The van der Waals surface area contributed by atoms with Crippen LogP contribution in [0.3, 0.4) is 0 Å². The zero-order valence-electron chi connectivity index (χ0n) is 10.6. The van der Waals surface area contributed by atoms with E-state index in [1.165, 1.54) is 4.90 Å². The van der Waals surface area contributed by atoms with Gasteiger partial charge in [0.2, 0.25) is 0 Å². The van der Waals surface area contributed by atoms with Gasteiger partial charge in [-0.15, -0.1) is 0 Å². The average Bonchev–Trinajstić information content (AvgIpc) is 3.01. The summed E-state index contributed by atoms with van der Waals surface area (Å²) in [5, 5.41) is 12.0. The molecule has 0 aliphatic carbocycles. The number of urea groups is 1. The number of aliphatic carboxylic acids is 1. The molecular weight excluding hydrogens is 252 g/mol. The summed E-state index contributed by atoms with van der Waals surface area (Å²) in [6.45, 7) is 0.741. The van der Waals surface area contributed by atoms with E-state index in [1.54, 1.807) is 0 Å². The molecule has 3 rings (SSSR count). The summed E-state index contributed by atoms with van der Waals surface area (Å²) in [6.07, 6.45) is 3.22. The molecule has 0 radical (unpaired) electrons. The molecule has 0 aromatic heterocycles. The molecule has 2 N–H and O–H groups in total. The van der Waals surface area contributed by atoms with Gasteiger partial charge in [-0.2, -0.15) is 0 Å². The van der Waals surface area contributed by atoms with Crippen LogP contribution in [-0.2, 0) is 14.3 Å². The van der Waals surface area contributed by atoms with Crippen molar-refractivity contribution in [2.24, 2.45) is 0 Å². The predicted molar refractivity (Wildman–Crippen MR) is 63.8 cm³/mol. The molecule has 4 unspecified atom stereocenters. The molecule has 7 nitrogen and oxygen atoms in total. The topological polar surface area (TPSA) is 88.1 Å². The smallest absolute Gasteiger partial charge is 0.328 e. The molecule has 3 heterocycles. The Morgan fingerprint density at radius 1 is 1.32 bits per heavy atom. The van der Waals surface area contributed by atoms with Gasteiger partial charge in [0.25, 0.3) is 0 Å². The number of carbonyl (C=O) groups is 2. The van der Waals surface area contributed by atoms with Crippen LogP contribution in [0.4, 0.5) is 4.79 Å². The van der Waals surface area contributed by atoms with Crippen LogP contribution in [0, 0.1) is 0 Å². The van der Waals surface area contributed by atoms with Crippen molar-refractivity contribution in [1.82, 2.24) is 10.2 Å². The van der Waals surface area contributed by atoms with E-state index in [9.17, 15) is 9.59 Å². The highest BCUT2D eigenvalue weighted by atomic mass is 16.5. The summed E-state index contributed by atoms with van der Waals surface area (Å²) >= 11 is 0. The van der Waals surface area contributed by atoms with Gasteiger partial charge in [-0.25, -0.2) is 9.59 Å². The lowest BCUT2D eigenvalue weighted by Gasteiger charge is -2.34. The number of carbonyl (C=O) groups excluding carboxylic acids is 1. The van der Waals surface area contributed by atoms with Crippen molar-refractivity contribution in [2.75, 3.05) is 19.8 Å². The highest BCUT2D eigenvalue weighted by Crippen LogP contribution is 2.34. The summed E-state index contributed by atoms with van der Waals surface area (Å²) in [5.74, 6) is -1.03. The minimum absolute atomic E-state index is 0.0172. The number of amides is 2. The standard InChI is InChI=1S/C12H18N2O5/c15-11(16)9-6-18-4-3-14(9)12(17)13-8-5-7-1-2-10(8)19-7/h7-10H,1-6H2,(H,13,17)(H,15,16). The molecule has 0 aromatic carbocycles. The number of carboxylic acid groups (broad SMARTS) is 1. The molecule has 106 valence electrons. The molecule has 3 aliphatic heterocycles. The quantitative estimate of drug-likeness (QED) is 0.725. The van der Waals surface area contributed by atoms with E-state index in [0.29, 0.717) is 13.2 Å². The lowest BCUT2D eigenvalue weighted by molar-refractivity contribution is -0.147. The van der Waals surface area contributed by atoms with Gasteiger partial charge < -0.3 is 24.8 Å². The Balaban J connectivity index is 1.61. The minimum Gasteiger partial charge on any atom is -0.480 e.